The summed E-state index contributed by atoms with van der Waals surface area (Å²) < 4.78 is 5.20. The van der Waals surface area contributed by atoms with Crippen LogP contribution in [-0.2, 0) is 6.42 Å². The van der Waals surface area contributed by atoms with E-state index in [4.69, 9.17) is 10.6 Å². The standard InChI is InChI=1S/C11H15N3O/c1-15-9-4-5-10-8(7-9)3-2-6-13-11(10)14-12/h4-5,7H,2-3,6,12H2,1H3,(H,13,14). The van der Waals surface area contributed by atoms with Crippen LogP contribution in [0.5, 0.6) is 5.75 Å². The Bertz CT molecular complexity index is 387. The minimum atomic E-state index is 0.769. The van der Waals surface area contributed by atoms with Crippen molar-refractivity contribution in [1.29, 1.82) is 0 Å². The SMILES string of the molecule is COc1ccc2c(c1)CCCN=C2NN. The van der Waals surface area contributed by atoms with Gasteiger partial charge in [-0.3, -0.25) is 4.99 Å². The lowest BCUT2D eigenvalue weighted by atomic mass is 10.0. The number of rotatable bonds is 1. The van der Waals surface area contributed by atoms with Crippen LogP contribution in [0.4, 0.5) is 0 Å². The second kappa shape index (κ2) is 4.31. The fourth-order valence-corrected chi connectivity index (χ4v) is 1.80. The van der Waals surface area contributed by atoms with Crippen molar-refractivity contribution >= 4 is 5.84 Å². The Hall–Kier alpha value is -1.55. The zero-order chi connectivity index (χ0) is 10.7. The third-order valence-corrected chi connectivity index (χ3v) is 2.58. The third kappa shape index (κ3) is 1.94. The maximum absolute atomic E-state index is 5.45. The van der Waals surface area contributed by atoms with Gasteiger partial charge in [-0.15, -0.1) is 0 Å². The number of aryl methyl sites for hydroxylation is 1. The topological polar surface area (TPSA) is 59.6 Å². The van der Waals surface area contributed by atoms with Crippen molar-refractivity contribution in [3.8, 4) is 5.75 Å². The van der Waals surface area contributed by atoms with Crippen LogP contribution in [0.3, 0.4) is 0 Å². The summed E-state index contributed by atoms with van der Waals surface area (Å²) in [5, 5.41) is 0. The first kappa shape index (κ1) is 9.98. The molecule has 15 heavy (non-hydrogen) atoms. The fraction of sp³-hybridized carbons (Fsp3) is 0.364. The number of nitrogens with one attached hydrogen (secondary N) is 1. The van der Waals surface area contributed by atoms with E-state index in [1.165, 1.54) is 5.56 Å². The molecule has 1 aromatic rings. The van der Waals surface area contributed by atoms with Crippen molar-refractivity contribution in [1.82, 2.24) is 5.43 Å². The van der Waals surface area contributed by atoms with Gasteiger partial charge in [0, 0.05) is 12.1 Å². The summed E-state index contributed by atoms with van der Waals surface area (Å²) in [7, 11) is 1.68. The number of benzene rings is 1. The first-order chi connectivity index (χ1) is 7.35. The molecule has 0 atom stereocenters. The summed E-state index contributed by atoms with van der Waals surface area (Å²) in [5.41, 5.74) is 4.97. The summed E-state index contributed by atoms with van der Waals surface area (Å²) in [4.78, 5) is 4.38. The van der Waals surface area contributed by atoms with E-state index in [-0.39, 0.29) is 0 Å². The van der Waals surface area contributed by atoms with E-state index in [1.54, 1.807) is 7.11 Å². The van der Waals surface area contributed by atoms with Gasteiger partial charge in [0.15, 0.2) is 0 Å². The average Bonchev–Trinajstić information content (AvgIpc) is 2.49. The van der Waals surface area contributed by atoms with Gasteiger partial charge in [0.05, 0.1) is 7.11 Å². The molecule has 0 radical (unpaired) electrons. The molecule has 1 aromatic carbocycles. The van der Waals surface area contributed by atoms with Crippen LogP contribution in [0.2, 0.25) is 0 Å². The Morgan fingerprint density at radius 2 is 2.33 bits per heavy atom. The van der Waals surface area contributed by atoms with Crippen LogP contribution in [0.1, 0.15) is 17.5 Å². The number of hydrazine groups is 1. The molecule has 1 aliphatic heterocycles. The summed E-state index contributed by atoms with van der Waals surface area (Å²) in [6, 6.07) is 5.97. The van der Waals surface area contributed by atoms with E-state index in [0.29, 0.717) is 0 Å². The van der Waals surface area contributed by atoms with E-state index in [9.17, 15) is 0 Å². The van der Waals surface area contributed by atoms with Crippen molar-refractivity contribution in [3.63, 3.8) is 0 Å². The number of fused-ring (bicyclic) bond motifs is 1. The highest BCUT2D eigenvalue weighted by molar-refractivity contribution is 6.00. The van der Waals surface area contributed by atoms with Gasteiger partial charge in [-0.2, -0.15) is 0 Å². The summed E-state index contributed by atoms with van der Waals surface area (Å²) in [6.07, 6.45) is 2.06. The van der Waals surface area contributed by atoms with Crippen molar-refractivity contribution in [2.24, 2.45) is 10.8 Å². The largest absolute Gasteiger partial charge is 0.497 e. The number of ether oxygens (including phenoxy) is 1. The highest BCUT2D eigenvalue weighted by Gasteiger charge is 2.12. The lowest BCUT2D eigenvalue weighted by Crippen LogP contribution is -2.31. The van der Waals surface area contributed by atoms with Gasteiger partial charge in [0.2, 0.25) is 0 Å². The van der Waals surface area contributed by atoms with Crippen molar-refractivity contribution < 1.29 is 4.74 Å². The molecular weight excluding hydrogens is 190 g/mol. The highest BCUT2D eigenvalue weighted by atomic mass is 16.5. The van der Waals surface area contributed by atoms with E-state index >= 15 is 0 Å². The quantitative estimate of drug-likeness (QED) is 0.528. The van der Waals surface area contributed by atoms with Crippen molar-refractivity contribution in [2.75, 3.05) is 13.7 Å². The molecule has 4 nitrogen and oxygen atoms in total. The van der Waals surface area contributed by atoms with Gasteiger partial charge in [0.1, 0.15) is 11.6 Å². The molecule has 0 saturated carbocycles. The van der Waals surface area contributed by atoms with Gasteiger partial charge in [-0.1, -0.05) is 0 Å². The van der Waals surface area contributed by atoms with E-state index in [0.717, 1.165) is 36.5 Å². The van der Waals surface area contributed by atoms with Gasteiger partial charge >= 0.3 is 0 Å². The number of hydrogen-bond acceptors (Lipinski definition) is 4. The molecular formula is C11H15N3O. The molecule has 4 heteroatoms. The predicted molar refractivity (Wildman–Crippen MR) is 60.0 cm³/mol. The maximum atomic E-state index is 5.45. The molecule has 0 unspecified atom stereocenters. The van der Waals surface area contributed by atoms with E-state index in [1.807, 2.05) is 18.2 Å². The number of hydrogen-bond donors (Lipinski definition) is 2. The van der Waals surface area contributed by atoms with Gasteiger partial charge in [0.25, 0.3) is 0 Å². The molecule has 0 bridgehead atoms. The lowest BCUT2D eigenvalue weighted by Gasteiger charge is -2.10. The molecule has 0 spiro atoms. The molecule has 1 heterocycles. The lowest BCUT2D eigenvalue weighted by molar-refractivity contribution is 0.414. The molecule has 0 saturated heterocycles. The normalized spacial score (nSPS) is 14.9. The number of aliphatic imine (C=N–C) groups is 1. The number of amidine groups is 1. The summed E-state index contributed by atoms with van der Waals surface area (Å²) in [5.74, 6) is 7.10. The number of methoxy groups -OCH3 is 1. The summed E-state index contributed by atoms with van der Waals surface area (Å²) in [6.45, 7) is 0.816. The second-order valence-corrected chi connectivity index (χ2v) is 3.50. The van der Waals surface area contributed by atoms with Crippen molar-refractivity contribution in [2.45, 2.75) is 12.8 Å². The average molecular weight is 205 g/mol. The molecule has 2 rings (SSSR count). The summed E-state index contributed by atoms with van der Waals surface area (Å²) >= 11 is 0. The van der Waals surface area contributed by atoms with Crippen LogP contribution >= 0.6 is 0 Å². The first-order valence-corrected chi connectivity index (χ1v) is 5.03. The predicted octanol–water partition coefficient (Wildman–Crippen LogP) is 0.851. The van der Waals surface area contributed by atoms with E-state index < -0.39 is 0 Å². The first-order valence-electron chi connectivity index (χ1n) is 5.03. The monoisotopic (exact) mass is 205 g/mol. The Morgan fingerprint density at radius 1 is 1.47 bits per heavy atom. The molecule has 0 fully saturated rings. The molecule has 1 aliphatic rings. The Kier molecular flexibility index (Phi) is 2.87. The van der Waals surface area contributed by atoms with Gasteiger partial charge in [-0.05, 0) is 36.6 Å². The van der Waals surface area contributed by atoms with Crippen LogP contribution < -0.4 is 16.0 Å². The molecule has 0 aliphatic carbocycles. The Balaban J connectivity index is 2.44. The fourth-order valence-electron chi connectivity index (χ4n) is 1.80. The molecule has 0 aromatic heterocycles. The zero-order valence-corrected chi connectivity index (χ0v) is 8.79. The molecule has 0 amide bonds. The van der Waals surface area contributed by atoms with Crippen molar-refractivity contribution in [3.05, 3.63) is 29.3 Å². The van der Waals surface area contributed by atoms with Gasteiger partial charge < -0.3 is 10.2 Å². The third-order valence-electron chi connectivity index (χ3n) is 2.58. The molecule has 3 N–H and O–H groups in total. The van der Waals surface area contributed by atoms with E-state index in [2.05, 4.69) is 10.4 Å². The van der Waals surface area contributed by atoms with Crippen LogP contribution in [0, 0.1) is 0 Å². The Labute approximate surface area is 89.1 Å². The molecule has 80 valence electrons. The van der Waals surface area contributed by atoms with Crippen LogP contribution in [0.25, 0.3) is 0 Å². The maximum Gasteiger partial charge on any atom is 0.142 e. The highest BCUT2D eigenvalue weighted by Crippen LogP contribution is 2.21. The Morgan fingerprint density at radius 3 is 3.07 bits per heavy atom. The van der Waals surface area contributed by atoms with Gasteiger partial charge in [-0.25, -0.2) is 5.84 Å². The second-order valence-electron chi connectivity index (χ2n) is 3.50. The van der Waals surface area contributed by atoms with Crippen LogP contribution in [0.15, 0.2) is 23.2 Å². The number of nitrogens with zero attached hydrogens (tertiary/aromatic N) is 1. The smallest absolute Gasteiger partial charge is 0.142 e. The number of nitrogens with two attached hydrogens (primary N) is 1. The zero-order valence-electron chi connectivity index (χ0n) is 8.79. The minimum absolute atomic E-state index is 0.769. The van der Waals surface area contributed by atoms with Crippen LogP contribution in [-0.4, -0.2) is 19.5 Å². The minimum Gasteiger partial charge on any atom is -0.497 e.